The summed E-state index contributed by atoms with van der Waals surface area (Å²) in [6, 6.07) is 0. The second kappa shape index (κ2) is 12.6. The molecule has 2 saturated heterocycles. The summed E-state index contributed by atoms with van der Waals surface area (Å²) in [5.41, 5.74) is -5.24. The zero-order valence-electron chi connectivity index (χ0n) is 17.4. The van der Waals surface area contributed by atoms with Crippen molar-refractivity contribution >= 4 is 40.0 Å². The molecule has 30 heavy (non-hydrogen) atoms. The fourth-order valence-electron chi connectivity index (χ4n) is 3.62. The summed E-state index contributed by atoms with van der Waals surface area (Å²) in [7, 11) is -1.90. The van der Waals surface area contributed by atoms with Gasteiger partial charge in [0.2, 0.25) is 0 Å². The van der Waals surface area contributed by atoms with E-state index in [0.29, 0.717) is 49.4 Å². The SMILES string of the molecule is CN=C(NCC1CCN(S(=O)(=O)C(F)(F)F)CC1)N1CCC(COCCOC)C1.I. The standard InChI is InChI=1S/C17H31F3N4O4S.HI/c1-21-16(23-6-3-15(12-23)13-28-10-9-27-2)22-11-14-4-7-24(8-5-14)29(25,26)17(18,19)20;/h14-15H,3-13H2,1-2H3,(H,21,22);1H. The van der Waals surface area contributed by atoms with Crippen LogP contribution in [-0.2, 0) is 19.5 Å². The molecule has 0 bridgehead atoms. The maximum atomic E-state index is 12.7. The molecule has 13 heteroatoms. The lowest BCUT2D eigenvalue weighted by atomic mass is 9.98. The van der Waals surface area contributed by atoms with Gasteiger partial charge in [0.05, 0.1) is 19.8 Å². The fourth-order valence-corrected chi connectivity index (χ4v) is 4.61. The molecular weight excluding hydrogens is 540 g/mol. The van der Waals surface area contributed by atoms with Crippen molar-refractivity contribution < 1.29 is 31.1 Å². The van der Waals surface area contributed by atoms with Crippen molar-refractivity contribution in [2.24, 2.45) is 16.8 Å². The normalized spacial score (nSPS) is 22.2. The van der Waals surface area contributed by atoms with Crippen LogP contribution in [0.15, 0.2) is 4.99 Å². The molecule has 2 aliphatic heterocycles. The van der Waals surface area contributed by atoms with Crippen LogP contribution in [0, 0.1) is 11.8 Å². The van der Waals surface area contributed by atoms with Crippen molar-refractivity contribution in [3.63, 3.8) is 0 Å². The molecule has 2 heterocycles. The second-order valence-electron chi connectivity index (χ2n) is 7.39. The highest BCUT2D eigenvalue weighted by atomic mass is 127. The number of rotatable bonds is 8. The van der Waals surface area contributed by atoms with Gasteiger partial charge in [-0.2, -0.15) is 17.5 Å². The Morgan fingerprint density at radius 3 is 2.33 bits per heavy atom. The van der Waals surface area contributed by atoms with Crippen molar-refractivity contribution in [3.05, 3.63) is 0 Å². The van der Waals surface area contributed by atoms with Gasteiger partial charge in [0.15, 0.2) is 5.96 Å². The monoisotopic (exact) mass is 572 g/mol. The Balaban J connectivity index is 0.00000450. The lowest BCUT2D eigenvalue weighted by Gasteiger charge is -2.32. The fraction of sp³-hybridized carbons (Fsp3) is 0.941. The summed E-state index contributed by atoms with van der Waals surface area (Å²) >= 11 is 0. The number of ether oxygens (including phenoxy) is 2. The van der Waals surface area contributed by atoms with Crippen LogP contribution in [0.5, 0.6) is 0 Å². The van der Waals surface area contributed by atoms with Crippen molar-refractivity contribution in [1.82, 2.24) is 14.5 Å². The van der Waals surface area contributed by atoms with Gasteiger partial charge >= 0.3 is 15.5 Å². The number of sulfonamides is 1. The lowest BCUT2D eigenvalue weighted by molar-refractivity contribution is -0.0496. The molecule has 0 aliphatic carbocycles. The smallest absolute Gasteiger partial charge is 0.382 e. The first-order chi connectivity index (χ1) is 13.7. The molecule has 2 fully saturated rings. The van der Waals surface area contributed by atoms with Gasteiger partial charge in [-0.15, -0.1) is 24.0 Å². The average Bonchev–Trinajstić information content (AvgIpc) is 3.14. The van der Waals surface area contributed by atoms with Gasteiger partial charge in [-0.25, -0.2) is 8.42 Å². The zero-order chi connectivity index (χ0) is 21.5. The largest absolute Gasteiger partial charge is 0.511 e. The molecule has 2 aliphatic rings. The van der Waals surface area contributed by atoms with E-state index >= 15 is 0 Å². The maximum Gasteiger partial charge on any atom is 0.511 e. The number of nitrogens with one attached hydrogen (secondary N) is 1. The number of alkyl halides is 3. The first kappa shape index (κ1) is 27.7. The number of hydrogen-bond acceptors (Lipinski definition) is 5. The minimum absolute atomic E-state index is 0. The highest BCUT2D eigenvalue weighted by Crippen LogP contribution is 2.30. The molecular formula is C17H32F3IN4O4S. The lowest BCUT2D eigenvalue weighted by Crippen LogP contribution is -2.47. The number of methoxy groups -OCH3 is 1. The molecule has 1 atom stereocenters. The van der Waals surface area contributed by atoms with Gasteiger partial charge in [-0.05, 0) is 25.2 Å². The van der Waals surface area contributed by atoms with Crippen LogP contribution in [0.2, 0.25) is 0 Å². The quantitative estimate of drug-likeness (QED) is 0.207. The molecule has 0 radical (unpaired) electrons. The van der Waals surface area contributed by atoms with E-state index in [1.54, 1.807) is 14.2 Å². The van der Waals surface area contributed by atoms with E-state index in [2.05, 4.69) is 15.2 Å². The molecule has 0 spiro atoms. The third-order valence-corrected chi connectivity index (χ3v) is 6.97. The van der Waals surface area contributed by atoms with Gasteiger partial charge in [-0.1, -0.05) is 0 Å². The summed E-state index contributed by atoms with van der Waals surface area (Å²) in [5, 5.41) is 3.29. The number of piperidine rings is 1. The molecule has 2 rings (SSSR count). The summed E-state index contributed by atoms with van der Waals surface area (Å²) in [6.45, 7) is 3.83. The first-order valence-corrected chi connectivity index (χ1v) is 11.2. The molecule has 8 nitrogen and oxygen atoms in total. The zero-order valence-corrected chi connectivity index (χ0v) is 20.5. The van der Waals surface area contributed by atoms with Crippen LogP contribution in [-0.4, -0.2) is 95.8 Å². The summed E-state index contributed by atoms with van der Waals surface area (Å²) in [6.07, 6.45) is 1.77. The molecule has 0 aromatic carbocycles. The minimum Gasteiger partial charge on any atom is -0.382 e. The minimum atomic E-state index is -5.24. The van der Waals surface area contributed by atoms with Crippen LogP contribution < -0.4 is 5.32 Å². The van der Waals surface area contributed by atoms with Gasteiger partial charge in [0.1, 0.15) is 0 Å². The van der Waals surface area contributed by atoms with E-state index in [1.807, 2.05) is 0 Å². The van der Waals surface area contributed by atoms with E-state index in [1.165, 1.54) is 0 Å². The molecule has 0 aromatic rings. The van der Waals surface area contributed by atoms with E-state index in [9.17, 15) is 21.6 Å². The molecule has 178 valence electrons. The van der Waals surface area contributed by atoms with Gasteiger partial charge < -0.3 is 19.7 Å². The van der Waals surface area contributed by atoms with Crippen LogP contribution in [0.3, 0.4) is 0 Å². The second-order valence-corrected chi connectivity index (χ2v) is 9.32. The van der Waals surface area contributed by atoms with Crippen molar-refractivity contribution in [2.75, 3.05) is 66.7 Å². The number of nitrogens with zero attached hydrogens (tertiary/aromatic N) is 3. The van der Waals surface area contributed by atoms with E-state index in [-0.39, 0.29) is 43.0 Å². The van der Waals surface area contributed by atoms with Gasteiger partial charge in [-0.3, -0.25) is 4.99 Å². The predicted octanol–water partition coefficient (Wildman–Crippen LogP) is 1.73. The Morgan fingerprint density at radius 1 is 1.13 bits per heavy atom. The Labute approximate surface area is 193 Å². The predicted molar refractivity (Wildman–Crippen MR) is 118 cm³/mol. The molecule has 1 N–H and O–H groups in total. The van der Waals surface area contributed by atoms with Crippen LogP contribution >= 0.6 is 24.0 Å². The third-order valence-electron chi connectivity index (χ3n) is 5.34. The highest BCUT2D eigenvalue weighted by Gasteiger charge is 2.50. The van der Waals surface area contributed by atoms with Crippen molar-refractivity contribution in [1.29, 1.82) is 0 Å². The van der Waals surface area contributed by atoms with E-state index in [0.717, 1.165) is 25.5 Å². The van der Waals surface area contributed by atoms with Crippen molar-refractivity contribution in [3.8, 4) is 0 Å². The molecule has 0 amide bonds. The number of likely N-dealkylation sites (tertiary alicyclic amines) is 1. The number of halogens is 4. The summed E-state index contributed by atoms with van der Waals surface area (Å²) in [5.74, 6) is 1.28. The van der Waals surface area contributed by atoms with Gasteiger partial charge in [0.25, 0.3) is 0 Å². The summed E-state index contributed by atoms with van der Waals surface area (Å²) in [4.78, 5) is 6.45. The number of hydrogen-bond donors (Lipinski definition) is 1. The van der Waals surface area contributed by atoms with Crippen LogP contribution in [0.1, 0.15) is 19.3 Å². The molecule has 0 aromatic heterocycles. The van der Waals surface area contributed by atoms with Crippen LogP contribution in [0.25, 0.3) is 0 Å². The topological polar surface area (TPSA) is 83.5 Å². The highest BCUT2D eigenvalue weighted by molar-refractivity contribution is 14.0. The van der Waals surface area contributed by atoms with E-state index < -0.39 is 15.5 Å². The van der Waals surface area contributed by atoms with Crippen LogP contribution in [0.4, 0.5) is 13.2 Å². The first-order valence-electron chi connectivity index (χ1n) is 9.77. The summed E-state index contributed by atoms with van der Waals surface area (Å²) < 4.78 is 72.0. The van der Waals surface area contributed by atoms with Crippen molar-refractivity contribution in [2.45, 2.75) is 24.8 Å². The van der Waals surface area contributed by atoms with E-state index in [4.69, 9.17) is 9.47 Å². The average molecular weight is 572 g/mol. The molecule has 1 unspecified atom stereocenters. The van der Waals surface area contributed by atoms with Gasteiger partial charge in [0, 0.05) is 52.8 Å². The number of guanidine groups is 1. The number of aliphatic imine (C=N–C) groups is 1. The Bertz CT molecular complexity index is 643. The maximum absolute atomic E-state index is 12.7. The third kappa shape index (κ3) is 7.64. The Kier molecular flexibility index (Phi) is 11.6. The molecule has 0 saturated carbocycles. The Morgan fingerprint density at radius 2 is 1.77 bits per heavy atom. The Hall–Kier alpha value is -0.380.